The van der Waals surface area contributed by atoms with Crippen LogP contribution in [0.3, 0.4) is 0 Å². The van der Waals surface area contributed by atoms with Crippen molar-refractivity contribution in [2.24, 2.45) is 0 Å². The molecule has 0 aliphatic heterocycles. The van der Waals surface area contributed by atoms with Crippen LogP contribution in [0.5, 0.6) is 5.75 Å². The highest BCUT2D eigenvalue weighted by Crippen LogP contribution is 2.35. The molecule has 0 bridgehead atoms. The molecule has 4 nitrogen and oxygen atoms in total. The van der Waals surface area contributed by atoms with Crippen molar-refractivity contribution in [3.05, 3.63) is 88.6 Å². The predicted molar refractivity (Wildman–Crippen MR) is 122 cm³/mol. The number of thiophene rings is 2. The van der Waals surface area contributed by atoms with Crippen LogP contribution in [0.2, 0.25) is 0 Å². The molecule has 0 atom stereocenters. The summed E-state index contributed by atoms with van der Waals surface area (Å²) in [6.45, 7) is 1.99. The molecule has 0 aliphatic rings. The minimum Gasteiger partial charge on any atom is -0.423 e. The number of carbonyl (C=O) groups is 1. The Morgan fingerprint density at radius 3 is 2.03 bits per heavy atom. The first-order chi connectivity index (χ1) is 14.7. The van der Waals surface area contributed by atoms with Crippen LogP contribution in [-0.4, -0.2) is 15.9 Å². The number of nitrogens with zero attached hydrogens (tertiary/aromatic N) is 2. The fourth-order valence-corrected chi connectivity index (χ4v) is 4.55. The number of hydrogen-bond acceptors (Lipinski definition) is 6. The topological polar surface area (TPSA) is 52.1 Å². The van der Waals surface area contributed by atoms with Gasteiger partial charge in [-0.1, -0.05) is 29.8 Å². The Hall–Kier alpha value is -3.35. The van der Waals surface area contributed by atoms with E-state index in [9.17, 15) is 4.79 Å². The normalized spacial score (nSPS) is 11.0. The molecule has 0 saturated heterocycles. The van der Waals surface area contributed by atoms with Crippen molar-refractivity contribution in [3.63, 3.8) is 0 Å². The molecule has 5 rings (SSSR count). The number of fused-ring (bicyclic) bond motifs is 1. The smallest absolute Gasteiger partial charge is 0.343 e. The third-order valence-electron chi connectivity index (χ3n) is 4.64. The van der Waals surface area contributed by atoms with E-state index in [-0.39, 0.29) is 0 Å². The van der Waals surface area contributed by atoms with Crippen molar-refractivity contribution in [1.82, 2.24) is 9.97 Å². The molecule has 5 aromatic rings. The van der Waals surface area contributed by atoms with E-state index in [4.69, 9.17) is 14.7 Å². The van der Waals surface area contributed by atoms with Gasteiger partial charge in [-0.2, -0.15) is 0 Å². The SMILES string of the molecule is Cc1ccc(OC(=O)c2ccc3nc(-c4cccs4)c(-c4cccs4)nc3c2)cc1. The van der Waals surface area contributed by atoms with Crippen molar-refractivity contribution >= 4 is 39.7 Å². The Morgan fingerprint density at radius 1 is 0.800 bits per heavy atom. The van der Waals surface area contributed by atoms with E-state index in [0.29, 0.717) is 16.8 Å². The highest BCUT2D eigenvalue weighted by Gasteiger charge is 2.16. The van der Waals surface area contributed by atoms with E-state index >= 15 is 0 Å². The minimum atomic E-state index is -0.414. The number of hydrogen-bond donors (Lipinski definition) is 0. The number of aromatic nitrogens is 2. The number of aryl methyl sites for hydroxylation is 1. The largest absolute Gasteiger partial charge is 0.423 e. The summed E-state index contributed by atoms with van der Waals surface area (Å²) in [4.78, 5) is 24.5. The van der Waals surface area contributed by atoms with Gasteiger partial charge in [0.25, 0.3) is 0 Å². The van der Waals surface area contributed by atoms with E-state index in [1.54, 1.807) is 46.9 Å². The Labute approximate surface area is 181 Å². The Balaban J connectivity index is 1.56. The van der Waals surface area contributed by atoms with Gasteiger partial charge in [0.15, 0.2) is 0 Å². The lowest BCUT2D eigenvalue weighted by atomic mass is 10.1. The average molecular weight is 429 g/mol. The number of benzene rings is 2. The van der Waals surface area contributed by atoms with Crippen molar-refractivity contribution in [3.8, 4) is 26.9 Å². The standard InChI is InChI=1S/C24H16N2O2S2/c1-15-6-9-17(10-7-15)28-24(27)16-8-11-18-19(14-16)26-23(21-5-3-13-30-21)22(25-18)20-4-2-12-29-20/h2-14H,1H3. The zero-order chi connectivity index (χ0) is 20.5. The van der Waals surface area contributed by atoms with Crippen LogP contribution < -0.4 is 4.74 Å². The molecule has 2 aromatic carbocycles. The Bertz CT molecular complexity index is 1330. The summed E-state index contributed by atoms with van der Waals surface area (Å²) >= 11 is 3.25. The highest BCUT2D eigenvalue weighted by atomic mass is 32.1. The van der Waals surface area contributed by atoms with Crippen molar-refractivity contribution < 1.29 is 9.53 Å². The molecule has 30 heavy (non-hydrogen) atoms. The molecular weight excluding hydrogens is 412 g/mol. The second-order valence-corrected chi connectivity index (χ2v) is 8.68. The molecule has 0 spiro atoms. The molecule has 0 saturated carbocycles. The number of carbonyl (C=O) groups excluding carboxylic acids is 1. The first-order valence-corrected chi connectivity index (χ1v) is 11.1. The van der Waals surface area contributed by atoms with Crippen LogP contribution in [0.15, 0.2) is 77.5 Å². The maximum absolute atomic E-state index is 12.6. The summed E-state index contributed by atoms with van der Waals surface area (Å²) in [6.07, 6.45) is 0. The first kappa shape index (κ1) is 18.7. The van der Waals surface area contributed by atoms with E-state index < -0.39 is 5.97 Å². The number of rotatable bonds is 4. The summed E-state index contributed by atoms with van der Waals surface area (Å²) in [6, 6.07) is 20.8. The van der Waals surface area contributed by atoms with Gasteiger partial charge in [0.1, 0.15) is 17.1 Å². The van der Waals surface area contributed by atoms with Gasteiger partial charge in [0.05, 0.1) is 26.4 Å². The molecule has 0 radical (unpaired) electrons. The average Bonchev–Trinajstić information content (AvgIpc) is 3.48. The lowest BCUT2D eigenvalue weighted by Crippen LogP contribution is -2.08. The first-order valence-electron chi connectivity index (χ1n) is 9.36. The second kappa shape index (κ2) is 7.82. The molecule has 0 fully saturated rings. The summed E-state index contributed by atoms with van der Waals surface area (Å²) in [5, 5.41) is 4.05. The lowest BCUT2D eigenvalue weighted by Gasteiger charge is -2.09. The van der Waals surface area contributed by atoms with E-state index in [0.717, 1.165) is 32.2 Å². The monoisotopic (exact) mass is 428 g/mol. The van der Waals surface area contributed by atoms with Crippen LogP contribution in [0, 0.1) is 6.92 Å². The quantitative estimate of drug-likeness (QED) is 0.239. The van der Waals surface area contributed by atoms with Gasteiger partial charge in [0, 0.05) is 0 Å². The maximum atomic E-state index is 12.6. The molecule has 3 aromatic heterocycles. The molecule has 3 heterocycles. The van der Waals surface area contributed by atoms with Crippen LogP contribution in [0.25, 0.3) is 32.2 Å². The third-order valence-corrected chi connectivity index (χ3v) is 6.39. The van der Waals surface area contributed by atoms with Gasteiger partial charge < -0.3 is 4.74 Å². The molecular formula is C24H16N2O2S2. The van der Waals surface area contributed by atoms with Crippen molar-refractivity contribution in [2.75, 3.05) is 0 Å². The van der Waals surface area contributed by atoms with Crippen LogP contribution in [-0.2, 0) is 0 Å². The molecule has 0 aliphatic carbocycles. The van der Waals surface area contributed by atoms with Gasteiger partial charge in [-0.25, -0.2) is 14.8 Å². The summed E-state index contributed by atoms with van der Waals surface area (Å²) in [7, 11) is 0. The van der Waals surface area contributed by atoms with Crippen molar-refractivity contribution in [2.45, 2.75) is 6.92 Å². The Kier molecular flexibility index (Phi) is 4.86. The number of esters is 1. The van der Waals surface area contributed by atoms with Gasteiger partial charge in [0.2, 0.25) is 0 Å². The van der Waals surface area contributed by atoms with Crippen molar-refractivity contribution in [1.29, 1.82) is 0 Å². The van der Waals surface area contributed by atoms with E-state index in [1.807, 2.05) is 60.1 Å². The highest BCUT2D eigenvalue weighted by molar-refractivity contribution is 7.14. The zero-order valence-electron chi connectivity index (χ0n) is 16.0. The van der Waals surface area contributed by atoms with Gasteiger partial charge in [-0.05, 0) is 60.1 Å². The summed E-state index contributed by atoms with van der Waals surface area (Å²) in [5.41, 5.74) is 4.64. The summed E-state index contributed by atoms with van der Waals surface area (Å²) < 4.78 is 5.51. The third kappa shape index (κ3) is 3.63. The molecule has 0 amide bonds. The lowest BCUT2D eigenvalue weighted by molar-refractivity contribution is 0.0735. The minimum absolute atomic E-state index is 0.414. The second-order valence-electron chi connectivity index (χ2n) is 6.78. The van der Waals surface area contributed by atoms with Gasteiger partial charge >= 0.3 is 5.97 Å². The zero-order valence-corrected chi connectivity index (χ0v) is 17.7. The fourth-order valence-electron chi connectivity index (χ4n) is 3.12. The van der Waals surface area contributed by atoms with E-state index in [1.165, 1.54) is 0 Å². The van der Waals surface area contributed by atoms with Crippen LogP contribution in [0.1, 0.15) is 15.9 Å². The number of ether oxygens (including phenoxy) is 1. The summed E-state index contributed by atoms with van der Waals surface area (Å²) in [5.74, 6) is 0.103. The molecule has 146 valence electrons. The van der Waals surface area contributed by atoms with Gasteiger partial charge in [-0.15, -0.1) is 22.7 Å². The van der Waals surface area contributed by atoms with Crippen LogP contribution >= 0.6 is 22.7 Å². The molecule has 0 unspecified atom stereocenters. The van der Waals surface area contributed by atoms with E-state index in [2.05, 4.69) is 0 Å². The predicted octanol–water partition coefficient (Wildman–Crippen LogP) is 6.61. The van der Waals surface area contributed by atoms with Gasteiger partial charge in [-0.3, -0.25) is 0 Å². The molecule has 6 heteroatoms. The fraction of sp³-hybridized carbons (Fsp3) is 0.0417. The molecule has 0 N–H and O–H groups in total. The Morgan fingerprint density at radius 2 is 1.43 bits per heavy atom. The maximum Gasteiger partial charge on any atom is 0.343 e. The van der Waals surface area contributed by atoms with Crippen LogP contribution in [0.4, 0.5) is 0 Å².